The predicted molar refractivity (Wildman–Crippen MR) is 87.5 cm³/mol. The molecule has 0 radical (unpaired) electrons. The second kappa shape index (κ2) is 9.51. The lowest BCUT2D eigenvalue weighted by Gasteiger charge is -2.35. The first-order valence-corrected chi connectivity index (χ1v) is 8.83. The average Bonchev–Trinajstić information content (AvgIpc) is 2.56. The smallest absolute Gasteiger partial charge is 0.234 e. The highest BCUT2D eigenvalue weighted by atomic mass is 16.2. The fourth-order valence-electron chi connectivity index (χ4n) is 3.44. The van der Waals surface area contributed by atoms with Crippen molar-refractivity contribution >= 4 is 11.8 Å². The third-order valence-electron chi connectivity index (χ3n) is 4.84. The van der Waals surface area contributed by atoms with E-state index in [2.05, 4.69) is 10.2 Å². The van der Waals surface area contributed by atoms with Gasteiger partial charge in [0.2, 0.25) is 11.8 Å². The lowest BCUT2D eigenvalue weighted by Crippen LogP contribution is -2.51. The first kappa shape index (κ1) is 17.7. The molecule has 1 saturated heterocycles. The van der Waals surface area contributed by atoms with Crippen molar-refractivity contribution < 1.29 is 9.59 Å². The molecule has 2 rings (SSSR count). The molecular weight excluding hydrogens is 292 g/mol. The average molecular weight is 320 g/mol. The predicted octanol–water partition coefficient (Wildman–Crippen LogP) is 1.13. The summed E-state index contributed by atoms with van der Waals surface area (Å²) >= 11 is 0. The van der Waals surface area contributed by atoms with Crippen LogP contribution in [0.2, 0.25) is 0 Å². The van der Waals surface area contributed by atoms with Crippen molar-refractivity contribution in [3.63, 3.8) is 0 Å². The molecule has 0 spiro atoms. The van der Waals surface area contributed by atoms with E-state index in [1.54, 1.807) is 0 Å². The van der Waals surface area contributed by atoms with Gasteiger partial charge in [0.1, 0.15) is 0 Å². The van der Waals surface area contributed by atoms with Crippen molar-refractivity contribution in [2.24, 2.45) is 5.92 Å². The van der Waals surface area contributed by atoms with E-state index < -0.39 is 0 Å². The molecule has 0 atom stereocenters. The SMILES string of the molecule is N#CCCNC(=O)CN1CCN(C(=O)CC2CCCCC2)CC1. The van der Waals surface area contributed by atoms with Gasteiger partial charge < -0.3 is 10.2 Å². The number of hydrogen-bond acceptors (Lipinski definition) is 4. The van der Waals surface area contributed by atoms with Gasteiger partial charge in [-0.2, -0.15) is 5.26 Å². The molecule has 1 aliphatic heterocycles. The number of nitrogens with one attached hydrogen (secondary N) is 1. The van der Waals surface area contributed by atoms with Crippen LogP contribution in [0, 0.1) is 17.2 Å². The van der Waals surface area contributed by atoms with E-state index in [0.29, 0.717) is 31.8 Å². The summed E-state index contributed by atoms with van der Waals surface area (Å²) in [6, 6.07) is 2.01. The summed E-state index contributed by atoms with van der Waals surface area (Å²) in [6.07, 6.45) is 7.31. The number of nitriles is 1. The van der Waals surface area contributed by atoms with E-state index in [1.807, 2.05) is 11.0 Å². The van der Waals surface area contributed by atoms with Gasteiger partial charge in [-0.15, -0.1) is 0 Å². The molecule has 1 saturated carbocycles. The van der Waals surface area contributed by atoms with Gasteiger partial charge in [-0.3, -0.25) is 14.5 Å². The van der Waals surface area contributed by atoms with Gasteiger partial charge in [0.15, 0.2) is 0 Å². The first-order chi connectivity index (χ1) is 11.2. The van der Waals surface area contributed by atoms with Crippen molar-refractivity contribution in [3.05, 3.63) is 0 Å². The van der Waals surface area contributed by atoms with Crippen LogP contribution in [0.1, 0.15) is 44.9 Å². The van der Waals surface area contributed by atoms with E-state index >= 15 is 0 Å². The fourth-order valence-corrected chi connectivity index (χ4v) is 3.44. The van der Waals surface area contributed by atoms with E-state index in [0.717, 1.165) is 26.2 Å². The quantitative estimate of drug-likeness (QED) is 0.744. The molecule has 0 bridgehead atoms. The first-order valence-electron chi connectivity index (χ1n) is 8.83. The lowest BCUT2D eigenvalue weighted by molar-refractivity contribution is -0.134. The Labute approximate surface area is 138 Å². The Morgan fingerprint density at radius 1 is 1.09 bits per heavy atom. The minimum absolute atomic E-state index is 0.0396. The molecule has 6 heteroatoms. The van der Waals surface area contributed by atoms with Crippen molar-refractivity contribution in [2.45, 2.75) is 44.9 Å². The van der Waals surface area contributed by atoms with Crippen LogP contribution in [0.5, 0.6) is 0 Å². The standard InChI is InChI=1S/C17H28N4O2/c18-7-4-8-19-16(22)14-20-9-11-21(12-10-20)17(23)13-15-5-2-1-3-6-15/h15H,1-6,8-14H2,(H,19,22). The van der Waals surface area contributed by atoms with Crippen LogP contribution in [0.25, 0.3) is 0 Å². The summed E-state index contributed by atoms with van der Waals surface area (Å²) in [5, 5.41) is 11.2. The maximum atomic E-state index is 12.4. The summed E-state index contributed by atoms with van der Waals surface area (Å²) in [5.74, 6) is 0.831. The molecule has 2 aliphatic rings. The number of amides is 2. The maximum absolute atomic E-state index is 12.4. The second-order valence-corrected chi connectivity index (χ2v) is 6.62. The number of piperazine rings is 1. The minimum Gasteiger partial charge on any atom is -0.354 e. The maximum Gasteiger partial charge on any atom is 0.234 e. The number of carbonyl (C=O) groups excluding carboxylic acids is 2. The summed E-state index contributed by atoms with van der Waals surface area (Å²) in [5.41, 5.74) is 0. The van der Waals surface area contributed by atoms with Crippen molar-refractivity contribution in [2.75, 3.05) is 39.3 Å². The Morgan fingerprint density at radius 3 is 2.43 bits per heavy atom. The molecule has 0 aromatic heterocycles. The molecule has 6 nitrogen and oxygen atoms in total. The van der Waals surface area contributed by atoms with Crippen molar-refractivity contribution in [3.8, 4) is 6.07 Å². The molecule has 0 unspecified atom stereocenters. The molecule has 128 valence electrons. The second-order valence-electron chi connectivity index (χ2n) is 6.62. The summed E-state index contributed by atoms with van der Waals surface area (Å²) in [7, 11) is 0. The molecule has 23 heavy (non-hydrogen) atoms. The van der Waals surface area contributed by atoms with Crippen molar-refractivity contribution in [1.82, 2.24) is 15.1 Å². The Kier molecular flexibility index (Phi) is 7.34. The van der Waals surface area contributed by atoms with Gasteiger partial charge in [-0.1, -0.05) is 19.3 Å². The Morgan fingerprint density at radius 2 is 1.78 bits per heavy atom. The number of carbonyl (C=O) groups is 2. The van der Waals surface area contributed by atoms with E-state index in [4.69, 9.17) is 5.26 Å². The topological polar surface area (TPSA) is 76.4 Å². The van der Waals surface area contributed by atoms with Gasteiger partial charge in [0, 0.05) is 39.1 Å². The third kappa shape index (κ3) is 6.19. The number of rotatable bonds is 6. The van der Waals surface area contributed by atoms with E-state index in [1.165, 1.54) is 32.1 Å². The largest absolute Gasteiger partial charge is 0.354 e. The van der Waals surface area contributed by atoms with Gasteiger partial charge >= 0.3 is 0 Å². The molecule has 2 amide bonds. The number of hydrogen-bond donors (Lipinski definition) is 1. The minimum atomic E-state index is -0.0396. The van der Waals surface area contributed by atoms with Crippen LogP contribution in [-0.2, 0) is 9.59 Å². The lowest BCUT2D eigenvalue weighted by atomic mass is 9.86. The van der Waals surface area contributed by atoms with Gasteiger partial charge in [-0.25, -0.2) is 0 Å². The molecule has 1 heterocycles. The highest BCUT2D eigenvalue weighted by Crippen LogP contribution is 2.26. The van der Waals surface area contributed by atoms with E-state index in [9.17, 15) is 9.59 Å². The van der Waals surface area contributed by atoms with Crippen LogP contribution < -0.4 is 5.32 Å². The van der Waals surface area contributed by atoms with Crippen molar-refractivity contribution in [1.29, 1.82) is 5.26 Å². The molecule has 1 N–H and O–H groups in total. The summed E-state index contributed by atoms with van der Waals surface area (Å²) in [4.78, 5) is 28.1. The highest BCUT2D eigenvalue weighted by Gasteiger charge is 2.25. The zero-order valence-electron chi connectivity index (χ0n) is 13.9. The van der Waals surface area contributed by atoms with Gasteiger partial charge in [0.05, 0.1) is 19.0 Å². The molecule has 2 fully saturated rings. The molecule has 0 aromatic rings. The Balaban J connectivity index is 1.64. The van der Waals surface area contributed by atoms with Gasteiger partial charge in [-0.05, 0) is 18.8 Å². The zero-order chi connectivity index (χ0) is 16.5. The van der Waals surface area contributed by atoms with Crippen LogP contribution >= 0.6 is 0 Å². The number of nitrogens with zero attached hydrogens (tertiary/aromatic N) is 3. The molecule has 0 aromatic carbocycles. The summed E-state index contributed by atoms with van der Waals surface area (Å²) < 4.78 is 0. The fraction of sp³-hybridized carbons (Fsp3) is 0.824. The third-order valence-corrected chi connectivity index (χ3v) is 4.84. The normalized spacial score (nSPS) is 20.0. The van der Waals surface area contributed by atoms with Crippen LogP contribution in [0.4, 0.5) is 0 Å². The van der Waals surface area contributed by atoms with Crippen LogP contribution in [0.15, 0.2) is 0 Å². The molecular formula is C17H28N4O2. The highest BCUT2D eigenvalue weighted by molar-refractivity contribution is 5.78. The van der Waals surface area contributed by atoms with Gasteiger partial charge in [0.25, 0.3) is 0 Å². The Bertz CT molecular complexity index is 432. The van der Waals surface area contributed by atoms with Crippen LogP contribution in [-0.4, -0.2) is 60.9 Å². The zero-order valence-corrected chi connectivity index (χ0v) is 13.9. The summed E-state index contributed by atoms with van der Waals surface area (Å²) in [6.45, 7) is 3.71. The van der Waals surface area contributed by atoms with E-state index in [-0.39, 0.29) is 11.8 Å². The monoisotopic (exact) mass is 320 g/mol. The molecule has 1 aliphatic carbocycles. The van der Waals surface area contributed by atoms with Crippen LogP contribution in [0.3, 0.4) is 0 Å². The Hall–Kier alpha value is -1.61.